The Morgan fingerprint density at radius 3 is 2.86 bits per heavy atom. The summed E-state index contributed by atoms with van der Waals surface area (Å²) in [5.41, 5.74) is 0. The van der Waals surface area contributed by atoms with Crippen LogP contribution < -0.4 is 10.6 Å². The molecule has 1 aliphatic heterocycles. The van der Waals surface area contributed by atoms with Crippen molar-refractivity contribution in [2.45, 2.75) is 0 Å². The van der Waals surface area contributed by atoms with Gasteiger partial charge in [-0.2, -0.15) is 0 Å². The molecule has 1 heterocycles. The molecule has 0 bridgehead atoms. The van der Waals surface area contributed by atoms with Crippen molar-refractivity contribution in [1.82, 2.24) is 10.6 Å². The lowest BCUT2D eigenvalue weighted by molar-refractivity contribution is -0.138. The van der Waals surface area contributed by atoms with E-state index < -0.39 is 11.8 Å². The number of nitrogens with one attached hydrogen (secondary N) is 2. The quantitative estimate of drug-likeness (QED) is 0.504. The normalized spacial score (nSPS) is 14.8. The van der Waals surface area contributed by atoms with Gasteiger partial charge >= 0.3 is 11.8 Å². The van der Waals surface area contributed by atoms with E-state index in [9.17, 15) is 9.59 Å². The van der Waals surface area contributed by atoms with Crippen LogP contribution in [0.4, 0.5) is 0 Å². The van der Waals surface area contributed by atoms with E-state index in [1.165, 1.54) is 11.8 Å². The summed E-state index contributed by atoms with van der Waals surface area (Å²) in [6.07, 6.45) is 0. The van der Waals surface area contributed by atoms with Crippen LogP contribution in [0.3, 0.4) is 0 Å². The van der Waals surface area contributed by atoms with E-state index in [1.807, 2.05) is 0 Å². The van der Waals surface area contributed by atoms with E-state index in [0.29, 0.717) is 11.7 Å². The Labute approximate surface area is 90.7 Å². The van der Waals surface area contributed by atoms with Crippen LogP contribution in [0.25, 0.3) is 0 Å². The zero-order valence-corrected chi connectivity index (χ0v) is 8.95. The van der Waals surface area contributed by atoms with Gasteiger partial charge in [0.2, 0.25) is 0 Å². The maximum atomic E-state index is 11.1. The summed E-state index contributed by atoms with van der Waals surface area (Å²) in [6.45, 7) is 0.969. The molecule has 0 aromatic carbocycles. The van der Waals surface area contributed by atoms with Gasteiger partial charge in [0.15, 0.2) is 5.17 Å². The Morgan fingerprint density at radius 1 is 1.50 bits per heavy atom. The number of amides is 2. The highest BCUT2D eigenvalue weighted by Gasteiger charge is 2.16. The van der Waals surface area contributed by atoms with E-state index in [2.05, 4.69) is 15.6 Å². The van der Waals surface area contributed by atoms with Gasteiger partial charge in [-0.1, -0.05) is 11.8 Å². The molecule has 5 nitrogen and oxygen atoms in total. The number of thioether (sulfide) groups is 1. The fourth-order valence-electron chi connectivity index (χ4n) is 0.806. The van der Waals surface area contributed by atoms with Gasteiger partial charge in [-0.3, -0.25) is 19.9 Å². The third kappa shape index (κ3) is 3.55. The first-order chi connectivity index (χ1) is 6.74. The van der Waals surface area contributed by atoms with Gasteiger partial charge in [0.1, 0.15) is 0 Å². The Bertz CT molecular complexity index is 270. The second kappa shape index (κ2) is 5.87. The topological polar surface area (TPSA) is 70.6 Å². The lowest BCUT2D eigenvalue weighted by Gasteiger charge is -2.03. The molecule has 0 spiro atoms. The first-order valence-electron chi connectivity index (χ1n) is 4.06. The third-order valence-corrected chi connectivity index (χ3v) is 2.47. The third-order valence-electron chi connectivity index (χ3n) is 1.39. The second-order valence-corrected chi connectivity index (χ2v) is 3.90. The van der Waals surface area contributed by atoms with Crippen LogP contribution in [-0.4, -0.2) is 41.7 Å². The van der Waals surface area contributed by atoms with E-state index in [0.717, 1.165) is 5.75 Å². The summed E-state index contributed by atoms with van der Waals surface area (Å²) < 4.78 is 0. The van der Waals surface area contributed by atoms with Crippen molar-refractivity contribution >= 4 is 40.3 Å². The molecule has 1 rings (SSSR count). The minimum Gasteiger partial charge on any atom is -0.347 e. The SMILES string of the molecule is O=C(NCCCl)C(=O)NC1=NCCS1. The minimum absolute atomic E-state index is 0.285. The summed E-state index contributed by atoms with van der Waals surface area (Å²) >= 11 is 6.77. The average molecular weight is 236 g/mol. The van der Waals surface area contributed by atoms with Crippen LogP contribution in [0, 0.1) is 0 Å². The standard InChI is InChI=1S/C7H10ClN3O2S/c8-1-2-9-5(12)6(13)11-7-10-3-4-14-7/h1-4H2,(H,9,12)(H,10,11,13). The number of hydrogen-bond acceptors (Lipinski definition) is 4. The predicted molar refractivity (Wildman–Crippen MR) is 56.6 cm³/mol. The fourth-order valence-corrected chi connectivity index (χ4v) is 1.62. The number of nitrogens with zero attached hydrogens (tertiary/aromatic N) is 1. The van der Waals surface area contributed by atoms with Gasteiger partial charge in [-0.15, -0.1) is 11.6 Å². The van der Waals surface area contributed by atoms with E-state index in [4.69, 9.17) is 11.6 Å². The monoisotopic (exact) mass is 235 g/mol. The first-order valence-corrected chi connectivity index (χ1v) is 5.58. The van der Waals surface area contributed by atoms with Crippen molar-refractivity contribution < 1.29 is 9.59 Å². The lowest BCUT2D eigenvalue weighted by atomic mass is 10.5. The summed E-state index contributed by atoms with van der Waals surface area (Å²) in [4.78, 5) is 26.2. The van der Waals surface area contributed by atoms with Gasteiger partial charge in [0, 0.05) is 18.2 Å². The van der Waals surface area contributed by atoms with Crippen molar-refractivity contribution in [3.63, 3.8) is 0 Å². The van der Waals surface area contributed by atoms with Gasteiger partial charge in [0.05, 0.1) is 6.54 Å². The molecule has 0 fully saturated rings. The molecule has 0 aliphatic carbocycles. The van der Waals surface area contributed by atoms with Crippen molar-refractivity contribution in [3.8, 4) is 0 Å². The van der Waals surface area contributed by atoms with E-state index >= 15 is 0 Å². The van der Waals surface area contributed by atoms with Crippen molar-refractivity contribution in [2.75, 3.05) is 24.7 Å². The number of hydrogen-bond donors (Lipinski definition) is 2. The van der Waals surface area contributed by atoms with Crippen molar-refractivity contribution in [3.05, 3.63) is 0 Å². The fraction of sp³-hybridized carbons (Fsp3) is 0.571. The molecule has 2 N–H and O–H groups in total. The number of rotatable bonds is 2. The number of amidine groups is 1. The molecule has 0 aromatic heterocycles. The highest BCUT2D eigenvalue weighted by molar-refractivity contribution is 8.14. The first kappa shape index (κ1) is 11.3. The molecular formula is C7H10ClN3O2S. The molecule has 2 amide bonds. The Morgan fingerprint density at radius 2 is 2.29 bits per heavy atom. The van der Waals surface area contributed by atoms with E-state index in [1.54, 1.807) is 0 Å². The zero-order chi connectivity index (χ0) is 10.4. The largest absolute Gasteiger partial charge is 0.347 e. The molecule has 0 unspecified atom stereocenters. The second-order valence-electron chi connectivity index (χ2n) is 2.43. The van der Waals surface area contributed by atoms with Crippen LogP contribution in [-0.2, 0) is 9.59 Å². The van der Waals surface area contributed by atoms with Crippen LogP contribution in [0.5, 0.6) is 0 Å². The van der Waals surface area contributed by atoms with Gasteiger partial charge < -0.3 is 5.32 Å². The molecule has 1 aliphatic rings. The van der Waals surface area contributed by atoms with Crippen LogP contribution >= 0.6 is 23.4 Å². The maximum absolute atomic E-state index is 11.1. The molecule has 7 heteroatoms. The maximum Gasteiger partial charge on any atom is 0.315 e. The molecule has 0 radical (unpaired) electrons. The number of carbonyl (C=O) groups excluding carboxylic acids is 2. The average Bonchev–Trinajstić information content (AvgIpc) is 2.66. The summed E-state index contributed by atoms with van der Waals surface area (Å²) in [7, 11) is 0. The summed E-state index contributed by atoms with van der Waals surface area (Å²) in [6, 6.07) is 0. The zero-order valence-electron chi connectivity index (χ0n) is 7.38. The summed E-state index contributed by atoms with van der Waals surface area (Å²) in [5.74, 6) is -0.239. The van der Waals surface area contributed by atoms with Crippen molar-refractivity contribution in [2.24, 2.45) is 4.99 Å². The highest BCUT2D eigenvalue weighted by atomic mass is 35.5. The Balaban J connectivity index is 2.30. The van der Waals surface area contributed by atoms with Crippen LogP contribution in [0.15, 0.2) is 4.99 Å². The Hall–Kier alpha value is -0.750. The number of carbonyl (C=O) groups is 2. The highest BCUT2D eigenvalue weighted by Crippen LogP contribution is 2.08. The van der Waals surface area contributed by atoms with Crippen molar-refractivity contribution in [1.29, 1.82) is 0 Å². The lowest BCUT2D eigenvalue weighted by Crippen LogP contribution is -2.42. The smallest absolute Gasteiger partial charge is 0.315 e. The van der Waals surface area contributed by atoms with Crippen LogP contribution in [0.2, 0.25) is 0 Å². The van der Waals surface area contributed by atoms with E-state index in [-0.39, 0.29) is 12.4 Å². The van der Waals surface area contributed by atoms with Gasteiger partial charge in [0.25, 0.3) is 0 Å². The van der Waals surface area contributed by atoms with Crippen LogP contribution in [0.1, 0.15) is 0 Å². The molecule has 0 atom stereocenters. The molecule has 78 valence electrons. The Kier molecular flexibility index (Phi) is 4.75. The number of aliphatic imine (C=N–C) groups is 1. The van der Waals surface area contributed by atoms with Gasteiger partial charge in [-0.05, 0) is 0 Å². The van der Waals surface area contributed by atoms with Gasteiger partial charge in [-0.25, -0.2) is 0 Å². The molecular weight excluding hydrogens is 226 g/mol. The minimum atomic E-state index is -0.691. The summed E-state index contributed by atoms with van der Waals surface area (Å²) in [5, 5.41) is 5.28. The number of alkyl halides is 1. The molecule has 0 saturated carbocycles. The molecule has 0 aromatic rings. The number of halogens is 1. The molecule has 14 heavy (non-hydrogen) atoms. The predicted octanol–water partition coefficient (Wildman–Crippen LogP) is -0.440. The molecule has 0 saturated heterocycles.